The van der Waals surface area contributed by atoms with Gasteiger partial charge in [0.15, 0.2) is 5.78 Å². The molecule has 0 aliphatic rings. The first-order chi connectivity index (χ1) is 10.4. The van der Waals surface area contributed by atoms with Crippen molar-refractivity contribution in [3.63, 3.8) is 0 Å². The molecule has 0 saturated heterocycles. The van der Waals surface area contributed by atoms with E-state index in [0.717, 1.165) is 4.57 Å². The molecule has 1 aromatic carbocycles. The minimum Gasteiger partial charge on any atom is -0.348 e. The molecule has 0 saturated carbocycles. The zero-order chi connectivity index (χ0) is 15.9. The summed E-state index contributed by atoms with van der Waals surface area (Å²) in [6, 6.07) is 9.50. The summed E-state index contributed by atoms with van der Waals surface area (Å²) in [5, 5.41) is 0. The van der Waals surface area contributed by atoms with Gasteiger partial charge >= 0.3 is 6.18 Å². The number of benzene rings is 1. The van der Waals surface area contributed by atoms with Crippen LogP contribution in [-0.4, -0.2) is 19.9 Å². The van der Waals surface area contributed by atoms with E-state index in [1.807, 2.05) is 0 Å². The van der Waals surface area contributed by atoms with E-state index in [2.05, 4.69) is 4.98 Å². The highest BCUT2D eigenvalue weighted by Gasteiger charge is 2.38. The third-order valence-corrected chi connectivity index (χ3v) is 3.44. The Balaban J connectivity index is 2.09. The molecule has 114 valence electrons. The van der Waals surface area contributed by atoms with Crippen molar-refractivity contribution >= 4 is 16.8 Å². The molecule has 0 unspecified atom stereocenters. The number of carbonyl (C=O) groups is 1. The van der Waals surface area contributed by atoms with Crippen molar-refractivity contribution in [1.29, 1.82) is 0 Å². The fraction of sp³-hybridized carbons (Fsp3) is 0.200. The summed E-state index contributed by atoms with van der Waals surface area (Å²) < 4.78 is 42.0. The van der Waals surface area contributed by atoms with E-state index >= 15 is 0 Å². The Bertz CT molecular complexity index is 845. The molecule has 22 heavy (non-hydrogen) atoms. The van der Waals surface area contributed by atoms with Crippen LogP contribution >= 0.6 is 0 Å². The minimum atomic E-state index is -4.62. The molecule has 0 spiro atoms. The maximum Gasteiger partial charge on any atom is 0.449 e. The Morgan fingerprint density at radius 2 is 1.91 bits per heavy atom. The van der Waals surface area contributed by atoms with Crippen LogP contribution in [0.15, 0.2) is 42.6 Å². The first kappa shape index (κ1) is 14.4. The summed E-state index contributed by atoms with van der Waals surface area (Å²) in [5.41, 5.74) is 0.859. The van der Waals surface area contributed by atoms with E-state index in [9.17, 15) is 18.0 Å². The van der Waals surface area contributed by atoms with Crippen LogP contribution in [0.2, 0.25) is 0 Å². The lowest BCUT2D eigenvalue weighted by Crippen LogP contribution is -2.20. The van der Waals surface area contributed by atoms with Crippen molar-refractivity contribution in [1.82, 2.24) is 14.1 Å². The number of alkyl halides is 3. The summed E-state index contributed by atoms with van der Waals surface area (Å²) >= 11 is 0. The molecule has 3 aromatic rings. The minimum absolute atomic E-state index is 0.217. The molecule has 0 N–H and O–H groups in total. The van der Waals surface area contributed by atoms with E-state index in [4.69, 9.17) is 0 Å². The maximum absolute atomic E-state index is 13.2. The molecule has 0 radical (unpaired) electrons. The maximum atomic E-state index is 13.2. The molecule has 4 nitrogen and oxygen atoms in total. The number of fused-ring (bicyclic) bond motifs is 1. The van der Waals surface area contributed by atoms with Crippen molar-refractivity contribution in [3.05, 3.63) is 54.1 Å². The summed E-state index contributed by atoms with van der Waals surface area (Å²) in [5.74, 6) is -1.46. The largest absolute Gasteiger partial charge is 0.449 e. The standard InChI is InChI=1S/C15H12F3N3O/c1-20-8-4-7-12(20)13(22)9-21-11-6-3-2-5-10(11)19-14(21)15(16,17)18/h2-8H,9H2,1H3. The van der Waals surface area contributed by atoms with Crippen molar-refractivity contribution in [3.8, 4) is 0 Å². The number of ketones is 1. The highest BCUT2D eigenvalue weighted by molar-refractivity contribution is 5.95. The molecular weight excluding hydrogens is 295 g/mol. The molecule has 0 atom stereocenters. The zero-order valence-electron chi connectivity index (χ0n) is 11.6. The number of imidazole rings is 1. The average Bonchev–Trinajstić information content (AvgIpc) is 3.03. The van der Waals surface area contributed by atoms with Gasteiger partial charge in [-0.2, -0.15) is 13.2 Å². The first-order valence-electron chi connectivity index (χ1n) is 6.55. The number of halogens is 3. The summed E-state index contributed by atoms with van der Waals surface area (Å²) in [6.45, 7) is -0.410. The van der Waals surface area contributed by atoms with Crippen LogP contribution in [0.5, 0.6) is 0 Å². The van der Waals surface area contributed by atoms with Crippen LogP contribution in [0.4, 0.5) is 13.2 Å². The Labute approximate surface area is 123 Å². The predicted octanol–water partition coefficient (Wildman–Crippen LogP) is 3.28. The van der Waals surface area contributed by atoms with Gasteiger partial charge in [0.1, 0.15) is 0 Å². The number of aryl methyl sites for hydroxylation is 1. The van der Waals surface area contributed by atoms with E-state index < -0.39 is 24.3 Å². The van der Waals surface area contributed by atoms with Crippen molar-refractivity contribution in [2.75, 3.05) is 0 Å². The highest BCUT2D eigenvalue weighted by Crippen LogP contribution is 2.31. The number of rotatable bonds is 3. The Hall–Kier alpha value is -2.57. The van der Waals surface area contributed by atoms with Crippen LogP contribution in [0.25, 0.3) is 11.0 Å². The molecule has 0 aliphatic heterocycles. The lowest BCUT2D eigenvalue weighted by atomic mass is 10.2. The van der Waals surface area contributed by atoms with Crippen molar-refractivity contribution < 1.29 is 18.0 Å². The molecule has 7 heteroatoms. The fourth-order valence-electron chi connectivity index (χ4n) is 2.43. The lowest BCUT2D eigenvalue weighted by molar-refractivity contribution is -0.146. The topological polar surface area (TPSA) is 39.8 Å². The summed E-state index contributed by atoms with van der Waals surface area (Å²) in [4.78, 5) is 15.9. The van der Waals surface area contributed by atoms with Crippen LogP contribution < -0.4 is 0 Å². The van der Waals surface area contributed by atoms with Gasteiger partial charge in [-0.15, -0.1) is 0 Å². The molecule has 0 fully saturated rings. The van der Waals surface area contributed by atoms with E-state index in [0.29, 0.717) is 5.69 Å². The number of nitrogens with zero attached hydrogens (tertiary/aromatic N) is 3. The highest BCUT2D eigenvalue weighted by atomic mass is 19.4. The molecule has 2 aromatic heterocycles. The van der Waals surface area contributed by atoms with Crippen LogP contribution in [0.1, 0.15) is 16.3 Å². The number of para-hydroxylation sites is 2. The van der Waals surface area contributed by atoms with Gasteiger partial charge in [-0.05, 0) is 24.3 Å². The number of hydrogen-bond acceptors (Lipinski definition) is 2. The second kappa shape index (κ2) is 5.01. The van der Waals surface area contributed by atoms with E-state index in [1.165, 1.54) is 12.1 Å². The van der Waals surface area contributed by atoms with Gasteiger partial charge in [0, 0.05) is 13.2 Å². The Morgan fingerprint density at radius 3 is 2.55 bits per heavy atom. The molecule has 0 amide bonds. The van der Waals surface area contributed by atoms with E-state index in [1.54, 1.807) is 42.1 Å². The fourth-order valence-corrected chi connectivity index (χ4v) is 2.43. The summed E-state index contributed by atoms with van der Waals surface area (Å²) in [7, 11) is 1.67. The monoisotopic (exact) mass is 307 g/mol. The second-order valence-corrected chi connectivity index (χ2v) is 4.94. The predicted molar refractivity (Wildman–Crippen MR) is 74.5 cm³/mol. The van der Waals surface area contributed by atoms with Gasteiger partial charge in [0.25, 0.3) is 0 Å². The van der Waals surface area contributed by atoms with Crippen LogP contribution in [0.3, 0.4) is 0 Å². The molecular formula is C15H12F3N3O. The quantitative estimate of drug-likeness (QED) is 0.697. The van der Waals surface area contributed by atoms with Crippen molar-refractivity contribution in [2.45, 2.75) is 12.7 Å². The average molecular weight is 307 g/mol. The number of aromatic nitrogens is 3. The number of Topliss-reactive ketones (excluding diaryl/α,β-unsaturated/α-hetero) is 1. The zero-order valence-corrected chi connectivity index (χ0v) is 11.6. The third kappa shape index (κ3) is 2.38. The Morgan fingerprint density at radius 1 is 1.18 bits per heavy atom. The SMILES string of the molecule is Cn1cccc1C(=O)Cn1c(C(F)(F)F)nc2ccccc21. The van der Waals surface area contributed by atoms with Gasteiger partial charge in [-0.3, -0.25) is 4.79 Å². The Kier molecular flexibility index (Phi) is 3.27. The van der Waals surface area contributed by atoms with Gasteiger partial charge in [-0.1, -0.05) is 12.1 Å². The first-order valence-corrected chi connectivity index (χ1v) is 6.55. The van der Waals surface area contributed by atoms with Crippen molar-refractivity contribution in [2.24, 2.45) is 7.05 Å². The van der Waals surface area contributed by atoms with Gasteiger partial charge in [-0.25, -0.2) is 4.98 Å². The smallest absolute Gasteiger partial charge is 0.348 e. The van der Waals surface area contributed by atoms with Crippen LogP contribution in [0, 0.1) is 0 Å². The molecule has 3 rings (SSSR count). The lowest BCUT2D eigenvalue weighted by Gasteiger charge is -2.11. The van der Waals surface area contributed by atoms with Crippen LogP contribution in [-0.2, 0) is 19.8 Å². The van der Waals surface area contributed by atoms with Gasteiger partial charge < -0.3 is 9.13 Å². The normalized spacial score (nSPS) is 12.0. The molecule has 0 aliphatic carbocycles. The van der Waals surface area contributed by atoms with Gasteiger partial charge in [0.05, 0.1) is 23.3 Å². The van der Waals surface area contributed by atoms with E-state index in [-0.39, 0.29) is 11.0 Å². The molecule has 0 bridgehead atoms. The second-order valence-electron chi connectivity index (χ2n) is 4.94. The number of carbonyl (C=O) groups excluding carboxylic acids is 1. The number of hydrogen-bond donors (Lipinski definition) is 0. The summed E-state index contributed by atoms with van der Waals surface area (Å²) in [6.07, 6.45) is -2.95. The third-order valence-electron chi connectivity index (χ3n) is 3.44. The van der Waals surface area contributed by atoms with Gasteiger partial charge in [0.2, 0.25) is 5.82 Å². The molecule has 2 heterocycles.